The summed E-state index contributed by atoms with van der Waals surface area (Å²) in [7, 11) is 0. The molecule has 324 valence electrons. The van der Waals surface area contributed by atoms with E-state index in [1.807, 2.05) is 0 Å². The first kappa shape index (κ1) is 39.6. The van der Waals surface area contributed by atoms with Gasteiger partial charge >= 0.3 is 0 Å². The molecule has 3 aliphatic carbocycles. The van der Waals surface area contributed by atoms with Crippen molar-refractivity contribution in [1.82, 2.24) is 0 Å². The SMILES string of the molecule is CCc1ccc2cccc3c2c1C1(c2ccccc2-c2ccc(N(c4ccc5c(c4)C(c4ccccc4)(c4ccccc4)c4ccccc4-5)c4ccccc4-c4ccccc4)cc21)c1ccccc1-3. The third kappa shape index (κ3) is 5.42. The van der Waals surface area contributed by atoms with Gasteiger partial charge in [0.25, 0.3) is 0 Å². The summed E-state index contributed by atoms with van der Waals surface area (Å²) in [6.07, 6.45) is 0.930. The molecule has 0 heterocycles. The van der Waals surface area contributed by atoms with Crippen molar-refractivity contribution in [3.8, 4) is 44.5 Å². The van der Waals surface area contributed by atoms with Gasteiger partial charge in [-0.05, 0) is 137 Å². The van der Waals surface area contributed by atoms with E-state index >= 15 is 0 Å². The number of fused-ring (bicyclic) bond motifs is 12. The molecule has 0 fully saturated rings. The number of rotatable bonds is 7. The first-order chi connectivity index (χ1) is 34.2. The monoisotopic (exact) mass is 877 g/mol. The predicted molar refractivity (Wildman–Crippen MR) is 287 cm³/mol. The lowest BCUT2D eigenvalue weighted by Gasteiger charge is -2.41. The second kappa shape index (κ2) is 15.3. The molecule has 1 unspecified atom stereocenters. The van der Waals surface area contributed by atoms with Crippen molar-refractivity contribution in [2.24, 2.45) is 0 Å². The molecular formula is C68H47N. The molecule has 0 amide bonds. The molecule has 0 N–H and O–H groups in total. The summed E-state index contributed by atoms with van der Waals surface area (Å²) in [5.74, 6) is 0. The molecule has 0 aliphatic heterocycles. The molecule has 0 aromatic heterocycles. The highest BCUT2D eigenvalue weighted by Gasteiger charge is 2.51. The van der Waals surface area contributed by atoms with Gasteiger partial charge in [0.05, 0.1) is 16.5 Å². The van der Waals surface area contributed by atoms with Crippen LogP contribution in [0.2, 0.25) is 0 Å². The fraction of sp³-hybridized carbons (Fsp3) is 0.0588. The van der Waals surface area contributed by atoms with Gasteiger partial charge in [-0.15, -0.1) is 0 Å². The Morgan fingerprint density at radius 1 is 0.333 bits per heavy atom. The van der Waals surface area contributed by atoms with Crippen LogP contribution < -0.4 is 4.90 Å². The van der Waals surface area contributed by atoms with Crippen molar-refractivity contribution >= 4 is 27.8 Å². The van der Waals surface area contributed by atoms with Crippen molar-refractivity contribution in [3.63, 3.8) is 0 Å². The van der Waals surface area contributed by atoms with Crippen LogP contribution in [0.4, 0.5) is 17.1 Å². The molecule has 3 aliphatic rings. The number of anilines is 3. The second-order valence-corrected chi connectivity index (χ2v) is 18.9. The summed E-state index contributed by atoms with van der Waals surface area (Å²) < 4.78 is 0. The number of benzene rings is 11. The third-order valence-corrected chi connectivity index (χ3v) is 15.7. The minimum absolute atomic E-state index is 0.548. The Hall–Kier alpha value is -8.52. The molecule has 14 rings (SSSR count). The zero-order valence-corrected chi connectivity index (χ0v) is 38.4. The van der Waals surface area contributed by atoms with Gasteiger partial charge in [-0.1, -0.05) is 231 Å². The molecule has 0 radical (unpaired) electrons. The van der Waals surface area contributed by atoms with E-state index in [2.05, 4.69) is 267 Å². The molecular weight excluding hydrogens is 831 g/mol. The first-order valence-corrected chi connectivity index (χ1v) is 24.4. The van der Waals surface area contributed by atoms with Crippen molar-refractivity contribution in [3.05, 3.63) is 305 Å². The largest absolute Gasteiger partial charge is 0.310 e. The van der Waals surface area contributed by atoms with Gasteiger partial charge in [-0.3, -0.25) is 0 Å². The maximum Gasteiger partial charge on any atom is 0.0729 e. The lowest BCUT2D eigenvalue weighted by atomic mass is 9.60. The highest BCUT2D eigenvalue weighted by atomic mass is 15.1. The van der Waals surface area contributed by atoms with E-state index in [0.29, 0.717) is 0 Å². The molecule has 11 aromatic carbocycles. The molecule has 1 heteroatoms. The summed E-state index contributed by atoms with van der Waals surface area (Å²) in [6, 6.07) is 95.9. The summed E-state index contributed by atoms with van der Waals surface area (Å²) in [4.78, 5) is 2.55. The summed E-state index contributed by atoms with van der Waals surface area (Å²) >= 11 is 0. The molecule has 1 nitrogen and oxygen atoms in total. The van der Waals surface area contributed by atoms with E-state index in [4.69, 9.17) is 0 Å². The number of aryl methyl sites for hydroxylation is 1. The smallest absolute Gasteiger partial charge is 0.0729 e. The van der Waals surface area contributed by atoms with Crippen LogP contribution in [-0.2, 0) is 17.3 Å². The van der Waals surface area contributed by atoms with Crippen LogP contribution >= 0.6 is 0 Å². The van der Waals surface area contributed by atoms with Crippen molar-refractivity contribution in [2.45, 2.75) is 24.2 Å². The average Bonchev–Trinajstić information content (AvgIpc) is 3.88. The van der Waals surface area contributed by atoms with Crippen LogP contribution in [0, 0.1) is 0 Å². The van der Waals surface area contributed by atoms with Gasteiger partial charge in [0.1, 0.15) is 0 Å². The number of hydrogen-bond donors (Lipinski definition) is 0. The van der Waals surface area contributed by atoms with Crippen LogP contribution in [0.5, 0.6) is 0 Å². The van der Waals surface area contributed by atoms with Gasteiger partial charge in [0.15, 0.2) is 0 Å². The quantitative estimate of drug-likeness (QED) is 0.154. The van der Waals surface area contributed by atoms with Gasteiger partial charge in [-0.25, -0.2) is 0 Å². The van der Waals surface area contributed by atoms with E-state index < -0.39 is 10.8 Å². The van der Waals surface area contributed by atoms with Gasteiger partial charge < -0.3 is 4.90 Å². The Morgan fingerprint density at radius 2 is 0.783 bits per heavy atom. The lowest BCUT2D eigenvalue weighted by Crippen LogP contribution is -2.33. The van der Waals surface area contributed by atoms with Crippen LogP contribution in [0.1, 0.15) is 57.0 Å². The molecule has 1 spiro atoms. The van der Waals surface area contributed by atoms with E-state index in [1.54, 1.807) is 0 Å². The normalized spacial score (nSPS) is 15.3. The Labute approximate surface area is 404 Å². The lowest BCUT2D eigenvalue weighted by molar-refractivity contribution is 0.759. The van der Waals surface area contributed by atoms with Gasteiger partial charge in [-0.2, -0.15) is 0 Å². The van der Waals surface area contributed by atoms with E-state index in [-0.39, 0.29) is 0 Å². The third-order valence-electron chi connectivity index (χ3n) is 15.7. The van der Waals surface area contributed by atoms with Crippen molar-refractivity contribution < 1.29 is 0 Å². The Morgan fingerprint density at radius 3 is 1.36 bits per heavy atom. The van der Waals surface area contributed by atoms with Crippen LogP contribution in [0.25, 0.3) is 55.3 Å². The Kier molecular flexibility index (Phi) is 8.76. The molecule has 69 heavy (non-hydrogen) atoms. The molecule has 0 saturated carbocycles. The fourth-order valence-electron chi connectivity index (χ4n) is 13.0. The number of para-hydroxylation sites is 1. The minimum Gasteiger partial charge on any atom is -0.310 e. The van der Waals surface area contributed by atoms with E-state index in [1.165, 1.54) is 105 Å². The summed E-state index contributed by atoms with van der Waals surface area (Å²) in [6.45, 7) is 2.33. The maximum atomic E-state index is 2.56. The standard InChI is InChI=1S/C68H47N/c1-2-45-37-38-47-23-20-32-58-55-31-14-18-35-61(55)68(66(45)65(47)58)60-34-17-13-30-54(60)57-42-40-51(44-63(57)68)69(64-36-19-15-28-52(64)46-21-6-3-7-22-46)50-39-41-56-53-29-12-16-33-59(53)67(62(56)43-50,48-24-8-4-9-25-48)49-26-10-5-11-27-49/h3-44H,2H2,1H3. The van der Waals surface area contributed by atoms with Gasteiger partial charge in [0, 0.05) is 16.9 Å². The van der Waals surface area contributed by atoms with Crippen LogP contribution in [0.15, 0.2) is 255 Å². The number of nitrogens with zero attached hydrogens (tertiary/aromatic N) is 1. The van der Waals surface area contributed by atoms with Crippen LogP contribution in [0.3, 0.4) is 0 Å². The highest BCUT2D eigenvalue weighted by molar-refractivity contribution is 6.08. The molecule has 11 aromatic rings. The maximum absolute atomic E-state index is 2.56. The highest BCUT2D eigenvalue weighted by Crippen LogP contribution is 2.64. The van der Waals surface area contributed by atoms with E-state index in [0.717, 1.165) is 23.5 Å². The summed E-state index contributed by atoms with van der Waals surface area (Å²) in [5, 5.41) is 2.65. The Bertz CT molecular complexity index is 3790. The molecule has 0 saturated heterocycles. The predicted octanol–water partition coefficient (Wildman–Crippen LogP) is 17.2. The van der Waals surface area contributed by atoms with Crippen molar-refractivity contribution in [2.75, 3.05) is 4.90 Å². The number of hydrogen-bond acceptors (Lipinski definition) is 1. The summed E-state index contributed by atoms with van der Waals surface area (Å²) in [5.41, 5.74) is 24.3. The molecule has 0 bridgehead atoms. The first-order valence-electron chi connectivity index (χ1n) is 24.4. The topological polar surface area (TPSA) is 3.24 Å². The second-order valence-electron chi connectivity index (χ2n) is 18.9. The van der Waals surface area contributed by atoms with Gasteiger partial charge in [0.2, 0.25) is 0 Å². The Balaban J connectivity index is 1.09. The van der Waals surface area contributed by atoms with Crippen molar-refractivity contribution in [1.29, 1.82) is 0 Å². The van der Waals surface area contributed by atoms with Crippen LogP contribution in [-0.4, -0.2) is 0 Å². The average molecular weight is 878 g/mol. The molecule has 1 atom stereocenters. The zero-order valence-electron chi connectivity index (χ0n) is 38.4. The minimum atomic E-state index is -0.558. The zero-order chi connectivity index (χ0) is 45.7. The fourth-order valence-corrected chi connectivity index (χ4v) is 13.0. The van der Waals surface area contributed by atoms with E-state index in [9.17, 15) is 0 Å².